The predicted octanol–water partition coefficient (Wildman–Crippen LogP) is 5.37. The van der Waals surface area contributed by atoms with Gasteiger partial charge in [-0.3, -0.25) is 9.69 Å². The first-order valence-electron chi connectivity index (χ1n) is 9.34. The van der Waals surface area contributed by atoms with Crippen LogP contribution in [0.5, 0.6) is 5.75 Å². The van der Waals surface area contributed by atoms with Crippen LogP contribution >= 0.6 is 35.0 Å². The molecule has 2 aromatic carbocycles. The van der Waals surface area contributed by atoms with Crippen molar-refractivity contribution in [2.45, 2.75) is 18.2 Å². The van der Waals surface area contributed by atoms with E-state index in [2.05, 4.69) is 10.2 Å². The van der Waals surface area contributed by atoms with E-state index in [-0.39, 0.29) is 18.2 Å². The van der Waals surface area contributed by atoms with Crippen molar-refractivity contribution in [3.05, 3.63) is 87.8 Å². The molecule has 0 bridgehead atoms. The van der Waals surface area contributed by atoms with Crippen LogP contribution in [0.2, 0.25) is 10.0 Å². The highest BCUT2D eigenvalue weighted by Crippen LogP contribution is 2.33. The first kappa shape index (κ1) is 21.5. The molecule has 4 rings (SSSR count). The normalized spacial score (nSPS) is 17.9. The number of aromatic hydroxyl groups is 1. The number of phenolic OH excluding ortho intramolecular Hbond substituents is 1. The Balaban J connectivity index is 1.59. The molecule has 1 unspecified atom stereocenters. The van der Waals surface area contributed by atoms with Crippen LogP contribution in [0.15, 0.2) is 75.5 Å². The van der Waals surface area contributed by atoms with Gasteiger partial charge in [-0.25, -0.2) is 0 Å². The van der Waals surface area contributed by atoms with Gasteiger partial charge >= 0.3 is 0 Å². The maximum atomic E-state index is 13.1. The summed E-state index contributed by atoms with van der Waals surface area (Å²) in [5, 5.41) is 19.3. The van der Waals surface area contributed by atoms with Crippen LogP contribution in [0, 0.1) is 0 Å². The van der Waals surface area contributed by atoms with Crippen LogP contribution in [0.4, 0.5) is 0 Å². The van der Waals surface area contributed by atoms with Crippen LogP contribution < -0.4 is 0 Å². The van der Waals surface area contributed by atoms with Crippen molar-refractivity contribution in [3.8, 4) is 5.75 Å². The summed E-state index contributed by atoms with van der Waals surface area (Å²) < 4.78 is 5.40. The molecule has 2 heterocycles. The van der Waals surface area contributed by atoms with E-state index in [1.165, 1.54) is 22.9 Å². The second kappa shape index (κ2) is 9.60. The van der Waals surface area contributed by atoms with Gasteiger partial charge in [-0.05, 0) is 54.4 Å². The predicted molar refractivity (Wildman–Crippen MR) is 124 cm³/mol. The summed E-state index contributed by atoms with van der Waals surface area (Å²) in [5.41, 5.74) is 1.32. The van der Waals surface area contributed by atoms with E-state index in [1.807, 2.05) is 0 Å². The first-order chi connectivity index (χ1) is 15.0. The fourth-order valence-electron chi connectivity index (χ4n) is 3.06. The summed E-state index contributed by atoms with van der Waals surface area (Å²) in [4.78, 5) is 14.7. The van der Waals surface area contributed by atoms with E-state index in [1.54, 1.807) is 60.9 Å². The van der Waals surface area contributed by atoms with Gasteiger partial charge in [0.2, 0.25) is 5.91 Å². The highest BCUT2D eigenvalue weighted by atomic mass is 35.5. The zero-order valence-electron chi connectivity index (χ0n) is 16.1. The Morgan fingerprint density at radius 3 is 2.77 bits per heavy atom. The number of hydrogen-bond acceptors (Lipinski definition) is 6. The molecule has 6 nitrogen and oxygen atoms in total. The highest BCUT2D eigenvalue weighted by molar-refractivity contribution is 8.15. The Bertz CT molecular complexity index is 1150. The van der Waals surface area contributed by atoms with Crippen LogP contribution in [0.1, 0.15) is 16.9 Å². The number of halogens is 2. The fourth-order valence-corrected chi connectivity index (χ4v) is 4.57. The van der Waals surface area contributed by atoms with Crippen molar-refractivity contribution in [1.82, 2.24) is 4.90 Å². The maximum absolute atomic E-state index is 13.1. The number of carbonyl (C=O) groups excluding carboxylic acids is 1. The smallest absolute Gasteiger partial charge is 0.242 e. The first-order valence-corrected chi connectivity index (χ1v) is 11.0. The second-order valence-electron chi connectivity index (χ2n) is 6.74. The van der Waals surface area contributed by atoms with Gasteiger partial charge < -0.3 is 9.52 Å². The molecule has 1 atom stereocenters. The number of amidine groups is 1. The number of carbonyl (C=O) groups is 1. The lowest BCUT2D eigenvalue weighted by Crippen LogP contribution is -2.32. The Labute approximate surface area is 193 Å². The zero-order valence-corrected chi connectivity index (χ0v) is 18.4. The largest absolute Gasteiger partial charge is 0.507 e. The van der Waals surface area contributed by atoms with Crippen molar-refractivity contribution < 1.29 is 14.3 Å². The SMILES string of the molecule is O=C1C(Cc2cc(Cl)ccc2Cl)S/C(=N/N=C/c2ccccc2O)N1Cc1ccco1. The fraction of sp³-hybridized carbons (Fsp3) is 0.136. The minimum Gasteiger partial charge on any atom is -0.507 e. The topological polar surface area (TPSA) is 78.4 Å². The molecule has 158 valence electrons. The van der Waals surface area contributed by atoms with Gasteiger partial charge in [-0.15, -0.1) is 5.10 Å². The third kappa shape index (κ3) is 5.12. The lowest BCUT2D eigenvalue weighted by Gasteiger charge is -2.14. The zero-order chi connectivity index (χ0) is 21.8. The number of furan rings is 1. The molecule has 1 fully saturated rings. The monoisotopic (exact) mass is 473 g/mol. The summed E-state index contributed by atoms with van der Waals surface area (Å²) in [6.45, 7) is 0.240. The molecule has 0 saturated carbocycles. The molecule has 1 amide bonds. The molecule has 1 saturated heterocycles. The molecular formula is C22H17Cl2N3O3S. The van der Waals surface area contributed by atoms with Gasteiger partial charge in [0, 0.05) is 15.6 Å². The molecule has 0 aliphatic carbocycles. The molecule has 1 aromatic heterocycles. The molecule has 1 aliphatic rings. The second-order valence-corrected chi connectivity index (χ2v) is 8.75. The summed E-state index contributed by atoms with van der Waals surface area (Å²) in [5.74, 6) is 0.615. The molecule has 1 aliphatic heterocycles. The number of amides is 1. The van der Waals surface area contributed by atoms with E-state index in [0.717, 1.165) is 5.56 Å². The number of thioether (sulfide) groups is 1. The number of nitrogens with zero attached hydrogens (tertiary/aromatic N) is 3. The molecular weight excluding hydrogens is 457 g/mol. The lowest BCUT2D eigenvalue weighted by molar-refractivity contribution is -0.126. The molecule has 0 spiro atoms. The Morgan fingerprint density at radius 2 is 2.00 bits per heavy atom. The highest BCUT2D eigenvalue weighted by Gasteiger charge is 2.39. The number of phenols is 1. The van der Waals surface area contributed by atoms with Gasteiger partial charge in [0.25, 0.3) is 0 Å². The Morgan fingerprint density at radius 1 is 1.16 bits per heavy atom. The Hall–Kier alpha value is -2.74. The van der Waals surface area contributed by atoms with Gasteiger partial charge in [-0.2, -0.15) is 5.10 Å². The molecule has 31 heavy (non-hydrogen) atoms. The van der Waals surface area contributed by atoms with Crippen molar-refractivity contribution in [2.24, 2.45) is 10.2 Å². The minimum atomic E-state index is -0.426. The average molecular weight is 474 g/mol. The van der Waals surface area contributed by atoms with Crippen molar-refractivity contribution in [3.63, 3.8) is 0 Å². The van der Waals surface area contributed by atoms with E-state index < -0.39 is 5.25 Å². The van der Waals surface area contributed by atoms with Gasteiger partial charge in [0.1, 0.15) is 11.5 Å². The van der Waals surface area contributed by atoms with Gasteiger partial charge in [-0.1, -0.05) is 47.1 Å². The molecule has 1 N–H and O–H groups in total. The lowest BCUT2D eigenvalue weighted by atomic mass is 10.1. The third-order valence-corrected chi connectivity index (χ3v) is 6.37. The third-order valence-electron chi connectivity index (χ3n) is 4.60. The maximum Gasteiger partial charge on any atom is 0.242 e. The van der Waals surface area contributed by atoms with Crippen LogP contribution in [0.25, 0.3) is 0 Å². The summed E-state index contributed by atoms with van der Waals surface area (Å²) in [6, 6.07) is 15.5. The van der Waals surface area contributed by atoms with Gasteiger partial charge in [0.05, 0.1) is 24.3 Å². The van der Waals surface area contributed by atoms with E-state index >= 15 is 0 Å². The molecule has 0 radical (unpaired) electrons. The number of benzene rings is 2. The number of rotatable bonds is 6. The average Bonchev–Trinajstić information content (AvgIpc) is 3.36. The van der Waals surface area contributed by atoms with E-state index in [4.69, 9.17) is 27.6 Å². The molecule has 9 heteroatoms. The van der Waals surface area contributed by atoms with Crippen LogP contribution in [-0.4, -0.2) is 32.5 Å². The quantitative estimate of drug-likeness (QED) is 0.385. The van der Waals surface area contributed by atoms with Crippen molar-refractivity contribution >= 4 is 52.3 Å². The van der Waals surface area contributed by atoms with Gasteiger partial charge in [0.15, 0.2) is 5.17 Å². The minimum absolute atomic E-state index is 0.0996. The van der Waals surface area contributed by atoms with E-state index in [9.17, 15) is 9.90 Å². The van der Waals surface area contributed by atoms with Crippen LogP contribution in [0.3, 0.4) is 0 Å². The molecule has 3 aromatic rings. The van der Waals surface area contributed by atoms with Crippen molar-refractivity contribution in [1.29, 1.82) is 0 Å². The summed E-state index contributed by atoms with van der Waals surface area (Å²) in [7, 11) is 0. The van der Waals surface area contributed by atoms with Crippen LogP contribution in [-0.2, 0) is 17.8 Å². The standard InChI is InChI=1S/C22H17Cl2N3O3S/c23-16-7-8-18(24)15(10-16)11-20-21(29)27(13-17-5-3-9-30-17)22(31-20)26-25-12-14-4-1-2-6-19(14)28/h1-10,12,20,28H,11,13H2/b25-12+,26-22+. The van der Waals surface area contributed by atoms with E-state index in [0.29, 0.717) is 33.0 Å². The summed E-state index contributed by atoms with van der Waals surface area (Å²) in [6.07, 6.45) is 3.40. The number of hydrogen-bond donors (Lipinski definition) is 1. The Kier molecular flexibility index (Phi) is 6.65. The summed E-state index contributed by atoms with van der Waals surface area (Å²) >= 11 is 13.7. The number of para-hydroxylation sites is 1. The van der Waals surface area contributed by atoms with Crippen molar-refractivity contribution in [2.75, 3.05) is 0 Å².